The molecule has 4 heteroatoms. The van der Waals surface area contributed by atoms with E-state index in [4.69, 9.17) is 23.2 Å². The van der Waals surface area contributed by atoms with Crippen molar-refractivity contribution in [1.29, 1.82) is 0 Å². The van der Waals surface area contributed by atoms with Crippen molar-refractivity contribution in [1.82, 2.24) is 0 Å². The molecular formula is C11H14Cl2O2. The lowest BCUT2D eigenvalue weighted by Gasteiger charge is -2.40. The number of aldehydes is 1. The fraction of sp³-hybridized carbons (Fsp3) is 0.636. The third-order valence-electron chi connectivity index (χ3n) is 2.68. The zero-order valence-corrected chi connectivity index (χ0v) is 10.5. The standard InChI is InChI=1S/C11H14Cl2O2/c1-7-4-10(2,12)6-11(3,13)9(7)8(15)5-14/h4-5,9H,6H2,1-3H3. The second kappa shape index (κ2) is 3.91. The molecule has 0 spiro atoms. The van der Waals surface area contributed by atoms with Crippen molar-refractivity contribution >= 4 is 35.3 Å². The summed E-state index contributed by atoms with van der Waals surface area (Å²) in [4.78, 5) is 20.7. The van der Waals surface area contributed by atoms with Gasteiger partial charge < -0.3 is 0 Å². The lowest BCUT2D eigenvalue weighted by Crippen LogP contribution is -2.44. The van der Waals surface area contributed by atoms with Crippen LogP contribution in [0.25, 0.3) is 0 Å². The van der Waals surface area contributed by atoms with Gasteiger partial charge in [0.25, 0.3) is 0 Å². The molecular weight excluding hydrogens is 235 g/mol. The van der Waals surface area contributed by atoms with Gasteiger partial charge in [0.1, 0.15) is 0 Å². The fourth-order valence-corrected chi connectivity index (χ4v) is 3.53. The molecule has 0 saturated carbocycles. The number of alkyl halides is 2. The first kappa shape index (κ1) is 12.7. The van der Waals surface area contributed by atoms with Crippen LogP contribution in [-0.4, -0.2) is 21.8 Å². The van der Waals surface area contributed by atoms with E-state index in [1.807, 2.05) is 13.0 Å². The van der Waals surface area contributed by atoms with Crippen molar-refractivity contribution in [3.63, 3.8) is 0 Å². The van der Waals surface area contributed by atoms with Crippen molar-refractivity contribution in [2.45, 2.75) is 36.9 Å². The summed E-state index contributed by atoms with van der Waals surface area (Å²) in [5, 5.41) is 0. The summed E-state index contributed by atoms with van der Waals surface area (Å²) in [5.74, 6) is -1.03. The molecule has 2 nitrogen and oxygen atoms in total. The van der Waals surface area contributed by atoms with Crippen molar-refractivity contribution < 1.29 is 9.59 Å². The number of carbonyl (C=O) groups excluding carboxylic acids is 2. The van der Waals surface area contributed by atoms with Gasteiger partial charge >= 0.3 is 0 Å². The maximum atomic E-state index is 11.5. The van der Waals surface area contributed by atoms with Crippen LogP contribution in [0.15, 0.2) is 11.6 Å². The zero-order chi connectivity index (χ0) is 11.9. The summed E-state index contributed by atoms with van der Waals surface area (Å²) < 4.78 is 0. The SMILES string of the molecule is CC1=CC(C)(Cl)CC(C)(Cl)C1C(=O)C=O. The van der Waals surface area contributed by atoms with E-state index in [1.54, 1.807) is 13.8 Å². The van der Waals surface area contributed by atoms with Gasteiger partial charge in [0.05, 0.1) is 15.7 Å². The van der Waals surface area contributed by atoms with Crippen LogP contribution in [0.2, 0.25) is 0 Å². The van der Waals surface area contributed by atoms with E-state index >= 15 is 0 Å². The van der Waals surface area contributed by atoms with Crippen molar-refractivity contribution in [3.05, 3.63) is 11.6 Å². The van der Waals surface area contributed by atoms with Gasteiger partial charge in [0.2, 0.25) is 5.78 Å². The number of allylic oxidation sites excluding steroid dienone is 2. The van der Waals surface area contributed by atoms with Crippen LogP contribution in [0, 0.1) is 5.92 Å². The second-order valence-electron chi connectivity index (χ2n) is 4.57. The first-order valence-corrected chi connectivity index (χ1v) is 5.51. The number of ketones is 1. The summed E-state index contributed by atoms with van der Waals surface area (Å²) >= 11 is 12.5. The van der Waals surface area contributed by atoms with Gasteiger partial charge in [-0.3, -0.25) is 9.59 Å². The molecule has 0 bridgehead atoms. The maximum absolute atomic E-state index is 11.5. The van der Waals surface area contributed by atoms with Gasteiger partial charge in [-0.05, 0) is 27.2 Å². The Labute approximate surface area is 99.6 Å². The molecule has 0 aliphatic heterocycles. The van der Waals surface area contributed by atoms with Crippen LogP contribution >= 0.6 is 23.2 Å². The average Bonchev–Trinajstić information content (AvgIpc) is 1.97. The first-order chi connectivity index (χ1) is 6.69. The van der Waals surface area contributed by atoms with Gasteiger partial charge in [-0.15, -0.1) is 23.2 Å². The van der Waals surface area contributed by atoms with Gasteiger partial charge in [-0.25, -0.2) is 0 Å². The molecule has 1 aliphatic rings. The Morgan fingerprint density at radius 2 is 2.07 bits per heavy atom. The monoisotopic (exact) mass is 248 g/mol. The van der Waals surface area contributed by atoms with E-state index in [2.05, 4.69) is 0 Å². The van der Waals surface area contributed by atoms with Gasteiger partial charge in [0.15, 0.2) is 6.29 Å². The Balaban J connectivity index is 3.17. The third-order valence-corrected chi connectivity index (χ3v) is 3.27. The molecule has 3 unspecified atom stereocenters. The number of rotatable bonds is 2. The number of halogens is 2. The van der Waals surface area contributed by atoms with E-state index < -0.39 is 21.4 Å². The summed E-state index contributed by atoms with van der Waals surface area (Å²) in [6.45, 7) is 5.38. The van der Waals surface area contributed by atoms with Gasteiger partial charge in [0, 0.05) is 0 Å². The molecule has 0 fully saturated rings. The molecule has 0 saturated heterocycles. The summed E-state index contributed by atoms with van der Waals surface area (Å²) in [7, 11) is 0. The Morgan fingerprint density at radius 1 is 1.53 bits per heavy atom. The largest absolute Gasteiger partial charge is 0.295 e. The lowest BCUT2D eigenvalue weighted by molar-refractivity contribution is -0.132. The predicted octanol–water partition coefficient (Wildman–Crippen LogP) is 2.72. The van der Waals surface area contributed by atoms with E-state index in [0.29, 0.717) is 12.7 Å². The van der Waals surface area contributed by atoms with E-state index in [1.165, 1.54) is 0 Å². The van der Waals surface area contributed by atoms with E-state index in [0.717, 1.165) is 5.57 Å². The zero-order valence-electron chi connectivity index (χ0n) is 9.01. The topological polar surface area (TPSA) is 34.1 Å². The molecule has 1 aliphatic carbocycles. The molecule has 84 valence electrons. The second-order valence-corrected chi connectivity index (χ2v) is 6.30. The van der Waals surface area contributed by atoms with Crippen LogP contribution in [0.3, 0.4) is 0 Å². The van der Waals surface area contributed by atoms with Crippen molar-refractivity contribution in [3.8, 4) is 0 Å². The maximum Gasteiger partial charge on any atom is 0.204 e. The Bertz CT molecular complexity index is 329. The predicted molar refractivity (Wildman–Crippen MR) is 61.5 cm³/mol. The molecule has 0 N–H and O–H groups in total. The Morgan fingerprint density at radius 3 is 2.47 bits per heavy atom. The van der Waals surface area contributed by atoms with Crippen LogP contribution in [0.1, 0.15) is 27.2 Å². The molecule has 0 amide bonds. The number of Topliss-reactive ketones (excluding diaryl/α,β-unsaturated/α-hetero) is 1. The molecule has 0 heterocycles. The van der Waals surface area contributed by atoms with E-state index in [9.17, 15) is 9.59 Å². The van der Waals surface area contributed by atoms with Crippen LogP contribution in [0.5, 0.6) is 0 Å². The van der Waals surface area contributed by atoms with Crippen LogP contribution in [0.4, 0.5) is 0 Å². The van der Waals surface area contributed by atoms with Gasteiger partial charge in [-0.2, -0.15) is 0 Å². The number of hydrogen-bond donors (Lipinski definition) is 0. The van der Waals surface area contributed by atoms with E-state index in [-0.39, 0.29) is 0 Å². The third kappa shape index (κ3) is 2.61. The minimum atomic E-state index is -0.784. The minimum absolute atomic E-state index is 0.333. The van der Waals surface area contributed by atoms with Crippen LogP contribution < -0.4 is 0 Å². The summed E-state index contributed by atoms with van der Waals surface area (Å²) in [6.07, 6.45) is 2.61. The minimum Gasteiger partial charge on any atom is -0.295 e. The lowest BCUT2D eigenvalue weighted by atomic mass is 9.73. The molecule has 0 aromatic rings. The van der Waals surface area contributed by atoms with Crippen molar-refractivity contribution in [2.75, 3.05) is 0 Å². The molecule has 3 atom stereocenters. The van der Waals surface area contributed by atoms with Crippen LogP contribution in [-0.2, 0) is 9.59 Å². The molecule has 0 aromatic carbocycles. The number of carbonyl (C=O) groups is 2. The quantitative estimate of drug-likeness (QED) is 0.326. The van der Waals surface area contributed by atoms with Gasteiger partial charge in [-0.1, -0.05) is 11.6 Å². The molecule has 1 rings (SSSR count). The Kier molecular flexibility index (Phi) is 3.32. The first-order valence-electron chi connectivity index (χ1n) is 4.76. The highest BCUT2D eigenvalue weighted by atomic mass is 35.5. The van der Waals surface area contributed by atoms with Crippen molar-refractivity contribution in [2.24, 2.45) is 5.92 Å². The highest BCUT2D eigenvalue weighted by Crippen LogP contribution is 2.45. The molecule has 0 aromatic heterocycles. The average molecular weight is 249 g/mol. The number of hydrogen-bond acceptors (Lipinski definition) is 2. The molecule has 15 heavy (non-hydrogen) atoms. The Hall–Kier alpha value is -0.340. The fourth-order valence-electron chi connectivity index (χ4n) is 2.45. The smallest absolute Gasteiger partial charge is 0.204 e. The summed E-state index contributed by atoms with van der Waals surface area (Å²) in [5.41, 5.74) is 0.772. The highest BCUT2D eigenvalue weighted by molar-refractivity contribution is 6.34. The summed E-state index contributed by atoms with van der Waals surface area (Å²) in [6, 6.07) is 0. The molecule has 0 radical (unpaired) electrons. The normalized spacial score (nSPS) is 40.9. The highest BCUT2D eigenvalue weighted by Gasteiger charge is 2.46.